The molecule has 1 amide bonds. The lowest BCUT2D eigenvalue weighted by Gasteiger charge is -2.17. The van der Waals surface area contributed by atoms with E-state index in [1.165, 1.54) is 16.6 Å². The number of thioether (sulfide) groups is 1. The molecule has 0 aliphatic heterocycles. The standard InChI is InChI=1S/C22H25N3O4S2/c1-11-5-7-14-17(9-11)31-21-18(14)20(27)24-22(25-21)30-12(2)19(26)23-13-6-8-15(28-3)16(10-13)29-4/h6,8,10-12H,5,7,9H2,1-4H3,(H,23,26)(H,24,25,27). The van der Waals surface area contributed by atoms with Gasteiger partial charge in [0.25, 0.3) is 5.56 Å². The highest BCUT2D eigenvalue weighted by Crippen LogP contribution is 2.36. The number of nitrogens with one attached hydrogen (secondary N) is 2. The van der Waals surface area contributed by atoms with Crippen molar-refractivity contribution in [1.82, 2.24) is 9.97 Å². The Bertz CT molecular complexity index is 1190. The van der Waals surface area contributed by atoms with Crippen LogP contribution in [0, 0.1) is 5.92 Å². The number of amides is 1. The Morgan fingerprint density at radius 3 is 2.84 bits per heavy atom. The van der Waals surface area contributed by atoms with Gasteiger partial charge in [-0.15, -0.1) is 11.3 Å². The van der Waals surface area contributed by atoms with Crippen LogP contribution in [0.15, 0.2) is 28.2 Å². The van der Waals surface area contributed by atoms with Crippen molar-refractivity contribution in [3.05, 3.63) is 39.0 Å². The highest BCUT2D eigenvalue weighted by Gasteiger charge is 2.24. The Morgan fingerprint density at radius 1 is 1.32 bits per heavy atom. The van der Waals surface area contributed by atoms with Crippen LogP contribution in [-0.2, 0) is 17.6 Å². The fourth-order valence-corrected chi connectivity index (χ4v) is 6.00. The molecule has 1 aliphatic carbocycles. The predicted molar refractivity (Wildman–Crippen MR) is 125 cm³/mol. The zero-order valence-electron chi connectivity index (χ0n) is 17.9. The van der Waals surface area contributed by atoms with Crippen LogP contribution in [0.25, 0.3) is 10.2 Å². The molecule has 2 unspecified atom stereocenters. The van der Waals surface area contributed by atoms with Crippen LogP contribution >= 0.6 is 23.1 Å². The average Bonchev–Trinajstić information content (AvgIpc) is 3.11. The summed E-state index contributed by atoms with van der Waals surface area (Å²) in [5.74, 6) is 1.56. The van der Waals surface area contributed by atoms with E-state index in [4.69, 9.17) is 9.47 Å². The van der Waals surface area contributed by atoms with E-state index in [2.05, 4.69) is 22.2 Å². The van der Waals surface area contributed by atoms with Crippen LogP contribution in [0.1, 0.15) is 30.7 Å². The minimum Gasteiger partial charge on any atom is -0.493 e. The second kappa shape index (κ2) is 8.92. The summed E-state index contributed by atoms with van der Waals surface area (Å²) in [6.45, 7) is 4.02. The van der Waals surface area contributed by atoms with E-state index >= 15 is 0 Å². The number of hydrogen-bond acceptors (Lipinski definition) is 7. The molecular formula is C22H25N3O4S2. The lowest BCUT2D eigenvalue weighted by molar-refractivity contribution is -0.115. The first-order valence-corrected chi connectivity index (χ1v) is 11.8. The van der Waals surface area contributed by atoms with Crippen molar-refractivity contribution in [1.29, 1.82) is 0 Å². The summed E-state index contributed by atoms with van der Waals surface area (Å²) < 4.78 is 10.5. The number of ether oxygens (including phenoxy) is 2. The fraction of sp³-hybridized carbons (Fsp3) is 0.409. The second-order valence-electron chi connectivity index (χ2n) is 7.72. The van der Waals surface area contributed by atoms with Gasteiger partial charge in [-0.1, -0.05) is 18.7 Å². The maximum Gasteiger partial charge on any atom is 0.260 e. The third-order valence-electron chi connectivity index (χ3n) is 5.45. The summed E-state index contributed by atoms with van der Waals surface area (Å²) in [4.78, 5) is 35.0. The van der Waals surface area contributed by atoms with E-state index in [0.717, 1.165) is 35.0 Å². The summed E-state index contributed by atoms with van der Waals surface area (Å²) in [7, 11) is 3.10. The van der Waals surface area contributed by atoms with E-state index in [-0.39, 0.29) is 11.5 Å². The zero-order valence-corrected chi connectivity index (χ0v) is 19.5. The minimum atomic E-state index is -0.455. The molecule has 0 saturated carbocycles. The van der Waals surface area contributed by atoms with Crippen LogP contribution in [0.5, 0.6) is 11.5 Å². The van der Waals surface area contributed by atoms with Gasteiger partial charge >= 0.3 is 0 Å². The number of carbonyl (C=O) groups excluding carboxylic acids is 1. The van der Waals surface area contributed by atoms with Gasteiger partial charge in [0.2, 0.25) is 5.91 Å². The van der Waals surface area contributed by atoms with Crippen LogP contribution in [0.3, 0.4) is 0 Å². The molecule has 31 heavy (non-hydrogen) atoms. The molecule has 2 N–H and O–H groups in total. The Balaban J connectivity index is 1.51. The number of hydrogen-bond donors (Lipinski definition) is 2. The number of aromatic amines is 1. The van der Waals surface area contributed by atoms with Gasteiger partial charge in [-0.3, -0.25) is 9.59 Å². The molecule has 7 nitrogen and oxygen atoms in total. The van der Waals surface area contributed by atoms with Crippen molar-refractivity contribution in [2.24, 2.45) is 5.92 Å². The number of carbonyl (C=O) groups is 1. The number of aryl methyl sites for hydroxylation is 1. The Hall–Kier alpha value is -2.52. The molecule has 0 radical (unpaired) electrons. The van der Waals surface area contributed by atoms with Crippen LogP contribution in [0.4, 0.5) is 5.69 Å². The zero-order chi connectivity index (χ0) is 22.1. The number of anilines is 1. The van der Waals surface area contributed by atoms with Crippen molar-refractivity contribution < 1.29 is 14.3 Å². The molecule has 2 atom stereocenters. The van der Waals surface area contributed by atoms with Gasteiger partial charge in [0, 0.05) is 16.6 Å². The van der Waals surface area contributed by atoms with Crippen molar-refractivity contribution in [3.8, 4) is 11.5 Å². The minimum absolute atomic E-state index is 0.118. The van der Waals surface area contributed by atoms with Crippen LogP contribution in [0.2, 0.25) is 0 Å². The smallest absolute Gasteiger partial charge is 0.260 e. The Kier molecular flexibility index (Phi) is 6.24. The third-order valence-corrected chi connectivity index (χ3v) is 7.58. The topological polar surface area (TPSA) is 93.3 Å². The SMILES string of the molecule is COc1ccc(NC(=O)C(C)Sc2nc3sc4c(c3c(=O)[nH]2)CCC(C)C4)cc1OC. The number of rotatable bonds is 6. The van der Waals surface area contributed by atoms with E-state index in [9.17, 15) is 9.59 Å². The van der Waals surface area contributed by atoms with Crippen molar-refractivity contribution >= 4 is 44.9 Å². The number of fused-ring (bicyclic) bond motifs is 3. The number of H-pyrrole nitrogens is 1. The number of aromatic nitrogens is 2. The molecule has 0 fully saturated rings. The molecule has 0 spiro atoms. The van der Waals surface area contributed by atoms with Crippen LogP contribution in [-0.4, -0.2) is 35.3 Å². The molecule has 3 aromatic rings. The summed E-state index contributed by atoms with van der Waals surface area (Å²) in [6.07, 6.45) is 3.03. The number of benzene rings is 1. The Labute approximate surface area is 188 Å². The summed E-state index contributed by atoms with van der Waals surface area (Å²) in [5.41, 5.74) is 1.64. The molecule has 2 aromatic heterocycles. The van der Waals surface area contributed by atoms with Gasteiger partial charge in [0.1, 0.15) is 4.83 Å². The number of nitrogens with zero attached hydrogens (tertiary/aromatic N) is 1. The molecule has 164 valence electrons. The number of methoxy groups -OCH3 is 2. The first kappa shape index (κ1) is 21.7. The van der Waals surface area contributed by atoms with Gasteiger partial charge in [-0.2, -0.15) is 0 Å². The molecule has 1 aromatic carbocycles. The molecule has 2 heterocycles. The van der Waals surface area contributed by atoms with Gasteiger partial charge in [0.05, 0.1) is 24.9 Å². The predicted octanol–water partition coefficient (Wildman–Crippen LogP) is 4.25. The van der Waals surface area contributed by atoms with Gasteiger partial charge < -0.3 is 19.8 Å². The first-order valence-electron chi connectivity index (χ1n) is 10.1. The monoisotopic (exact) mass is 459 g/mol. The first-order chi connectivity index (χ1) is 14.9. The van der Waals surface area contributed by atoms with E-state index in [0.29, 0.717) is 28.3 Å². The summed E-state index contributed by atoms with van der Waals surface area (Å²) >= 11 is 2.84. The third kappa shape index (κ3) is 4.43. The highest BCUT2D eigenvalue weighted by atomic mass is 32.2. The van der Waals surface area contributed by atoms with Crippen molar-refractivity contribution in [2.45, 2.75) is 43.5 Å². The molecule has 0 saturated heterocycles. The van der Waals surface area contributed by atoms with Crippen molar-refractivity contribution in [3.63, 3.8) is 0 Å². The highest BCUT2D eigenvalue weighted by molar-refractivity contribution is 8.00. The van der Waals surface area contributed by atoms with E-state index in [1.54, 1.807) is 50.7 Å². The fourth-order valence-electron chi connectivity index (χ4n) is 3.76. The van der Waals surface area contributed by atoms with E-state index < -0.39 is 5.25 Å². The van der Waals surface area contributed by atoms with Crippen molar-refractivity contribution in [2.75, 3.05) is 19.5 Å². The lowest BCUT2D eigenvalue weighted by atomic mass is 9.89. The van der Waals surface area contributed by atoms with Gasteiger partial charge in [0.15, 0.2) is 16.7 Å². The van der Waals surface area contributed by atoms with E-state index in [1.807, 2.05) is 0 Å². The van der Waals surface area contributed by atoms with Crippen LogP contribution < -0.4 is 20.3 Å². The maximum absolute atomic E-state index is 12.8. The number of thiophene rings is 1. The normalized spacial score (nSPS) is 16.6. The molecule has 1 aliphatic rings. The molecule has 4 rings (SSSR count). The van der Waals surface area contributed by atoms with Gasteiger partial charge in [-0.25, -0.2) is 4.98 Å². The lowest BCUT2D eigenvalue weighted by Crippen LogP contribution is -2.23. The second-order valence-corrected chi connectivity index (χ2v) is 10.1. The van der Waals surface area contributed by atoms with Gasteiger partial charge in [-0.05, 0) is 49.8 Å². The average molecular weight is 460 g/mol. The molecule has 0 bridgehead atoms. The summed E-state index contributed by atoms with van der Waals surface area (Å²) in [5, 5.41) is 3.60. The molecular weight excluding hydrogens is 434 g/mol. The summed E-state index contributed by atoms with van der Waals surface area (Å²) in [6, 6.07) is 5.19. The Morgan fingerprint density at radius 2 is 2.10 bits per heavy atom. The quantitative estimate of drug-likeness (QED) is 0.423. The maximum atomic E-state index is 12.8. The molecule has 9 heteroatoms. The largest absolute Gasteiger partial charge is 0.493 e.